The second-order valence-corrected chi connectivity index (χ2v) is 4.05. The molecular weight excluding hydrogens is 297 g/mol. The number of halogens is 2. The van der Waals surface area contributed by atoms with Crippen molar-refractivity contribution >= 4 is 27.8 Å². The number of aliphatic carboxylic acids is 1. The van der Waals surface area contributed by atoms with E-state index in [9.17, 15) is 14.0 Å². The zero-order chi connectivity index (χ0) is 13.0. The Hall–Kier alpha value is -1.47. The van der Waals surface area contributed by atoms with E-state index in [0.717, 1.165) is 6.07 Å². The summed E-state index contributed by atoms with van der Waals surface area (Å²) in [5.74, 6) is -2.52. The lowest BCUT2D eigenvalue weighted by molar-refractivity contribution is -0.146. The molecule has 0 aliphatic rings. The monoisotopic (exact) mass is 305 g/mol. The van der Waals surface area contributed by atoms with Crippen LogP contribution >= 0.6 is 15.9 Å². The molecule has 0 bridgehead atoms. The molecule has 1 aromatic carbocycles. The molecule has 0 aromatic heterocycles. The first kappa shape index (κ1) is 13.6. The van der Waals surface area contributed by atoms with Gasteiger partial charge < -0.3 is 15.5 Å². The molecule has 92 valence electrons. The van der Waals surface area contributed by atoms with E-state index >= 15 is 0 Å². The van der Waals surface area contributed by atoms with E-state index in [1.807, 2.05) is 0 Å². The molecule has 0 radical (unpaired) electrons. The largest absolute Gasteiger partial charge is 0.479 e. The fourth-order valence-electron chi connectivity index (χ4n) is 1.02. The van der Waals surface area contributed by atoms with E-state index in [1.54, 1.807) is 0 Å². The maximum Gasteiger partial charge on any atom is 0.334 e. The van der Waals surface area contributed by atoms with Crippen molar-refractivity contribution in [1.82, 2.24) is 5.32 Å². The maximum atomic E-state index is 12.9. The van der Waals surface area contributed by atoms with E-state index in [4.69, 9.17) is 10.2 Å². The first-order valence-electron chi connectivity index (χ1n) is 4.56. The number of rotatable bonds is 4. The van der Waals surface area contributed by atoms with Gasteiger partial charge in [0, 0.05) is 5.56 Å². The van der Waals surface area contributed by atoms with Crippen molar-refractivity contribution < 1.29 is 24.2 Å². The quantitative estimate of drug-likeness (QED) is 0.766. The van der Waals surface area contributed by atoms with Crippen molar-refractivity contribution in [3.05, 3.63) is 34.1 Å². The number of carbonyl (C=O) groups is 2. The van der Waals surface area contributed by atoms with E-state index in [0.29, 0.717) is 0 Å². The normalized spacial score (nSPS) is 11.9. The van der Waals surface area contributed by atoms with Gasteiger partial charge in [-0.15, -0.1) is 0 Å². The van der Waals surface area contributed by atoms with Crippen LogP contribution in [0.25, 0.3) is 0 Å². The molecule has 0 aliphatic carbocycles. The van der Waals surface area contributed by atoms with E-state index in [-0.39, 0.29) is 10.0 Å². The topological polar surface area (TPSA) is 86.6 Å². The van der Waals surface area contributed by atoms with Gasteiger partial charge in [-0.2, -0.15) is 0 Å². The fourth-order valence-corrected chi connectivity index (χ4v) is 1.39. The standard InChI is InChI=1S/C10H9BrFNO4/c11-6-3-5(1-2-7(6)12)9(15)13-4-8(14)10(16)17/h1-3,8,14H,4H2,(H,13,15)(H,16,17)/t8-/m0/s1. The highest BCUT2D eigenvalue weighted by Crippen LogP contribution is 2.16. The molecule has 3 N–H and O–H groups in total. The second kappa shape index (κ2) is 5.74. The summed E-state index contributed by atoms with van der Waals surface area (Å²) in [5, 5.41) is 19.5. The van der Waals surface area contributed by atoms with Gasteiger partial charge in [-0.05, 0) is 34.1 Å². The van der Waals surface area contributed by atoms with Crippen LogP contribution in [0.4, 0.5) is 4.39 Å². The van der Waals surface area contributed by atoms with Crippen LogP contribution in [0, 0.1) is 5.82 Å². The van der Waals surface area contributed by atoms with E-state index in [1.165, 1.54) is 12.1 Å². The van der Waals surface area contributed by atoms with Crippen LogP contribution in [0.3, 0.4) is 0 Å². The Balaban J connectivity index is 2.64. The summed E-state index contributed by atoms with van der Waals surface area (Å²) in [6, 6.07) is 3.62. The minimum absolute atomic E-state index is 0.129. The van der Waals surface area contributed by atoms with Gasteiger partial charge in [0.25, 0.3) is 5.91 Å². The minimum atomic E-state index is -1.66. The fraction of sp³-hybridized carbons (Fsp3) is 0.200. The van der Waals surface area contributed by atoms with E-state index in [2.05, 4.69) is 21.2 Å². The van der Waals surface area contributed by atoms with Crippen molar-refractivity contribution in [3.63, 3.8) is 0 Å². The lowest BCUT2D eigenvalue weighted by atomic mass is 10.2. The van der Waals surface area contributed by atoms with Gasteiger partial charge in [-0.1, -0.05) is 0 Å². The van der Waals surface area contributed by atoms with Crippen LogP contribution < -0.4 is 5.32 Å². The average molecular weight is 306 g/mol. The Kier molecular flexibility index (Phi) is 4.59. The summed E-state index contributed by atoms with van der Waals surface area (Å²) in [5.41, 5.74) is 0.163. The summed E-state index contributed by atoms with van der Waals surface area (Å²) in [6.07, 6.45) is -1.66. The molecule has 0 spiro atoms. The summed E-state index contributed by atoms with van der Waals surface area (Å²) < 4.78 is 13.0. The zero-order valence-corrected chi connectivity index (χ0v) is 10.1. The Labute approximate surface area is 104 Å². The third kappa shape index (κ3) is 3.79. The highest BCUT2D eigenvalue weighted by molar-refractivity contribution is 9.10. The minimum Gasteiger partial charge on any atom is -0.479 e. The van der Waals surface area contributed by atoms with Gasteiger partial charge in [-0.25, -0.2) is 9.18 Å². The van der Waals surface area contributed by atoms with Crippen LogP contribution in [0.2, 0.25) is 0 Å². The van der Waals surface area contributed by atoms with Crippen molar-refractivity contribution in [3.8, 4) is 0 Å². The van der Waals surface area contributed by atoms with Crippen molar-refractivity contribution in [1.29, 1.82) is 0 Å². The second-order valence-electron chi connectivity index (χ2n) is 3.19. The van der Waals surface area contributed by atoms with Crippen molar-refractivity contribution in [2.75, 3.05) is 6.54 Å². The number of carboxylic acid groups (broad SMARTS) is 1. The van der Waals surface area contributed by atoms with Crippen LogP contribution in [0.1, 0.15) is 10.4 Å². The molecule has 0 fully saturated rings. The maximum absolute atomic E-state index is 12.9. The van der Waals surface area contributed by atoms with Gasteiger partial charge in [-0.3, -0.25) is 4.79 Å². The summed E-state index contributed by atoms with van der Waals surface area (Å²) in [7, 11) is 0. The third-order valence-electron chi connectivity index (χ3n) is 1.92. The lowest BCUT2D eigenvalue weighted by Gasteiger charge is -2.08. The van der Waals surface area contributed by atoms with Crippen LogP contribution in [0.5, 0.6) is 0 Å². The number of aliphatic hydroxyl groups excluding tert-OH is 1. The van der Waals surface area contributed by atoms with Crippen LogP contribution in [-0.4, -0.2) is 34.7 Å². The molecule has 0 saturated carbocycles. The molecule has 17 heavy (non-hydrogen) atoms. The van der Waals surface area contributed by atoms with Gasteiger partial charge in [0.1, 0.15) is 5.82 Å². The number of hydrogen-bond acceptors (Lipinski definition) is 3. The van der Waals surface area contributed by atoms with E-state index < -0.39 is 30.3 Å². The Morgan fingerprint density at radius 1 is 1.47 bits per heavy atom. The molecule has 7 heteroatoms. The molecule has 1 atom stereocenters. The van der Waals surface area contributed by atoms with Gasteiger partial charge in [0.15, 0.2) is 6.10 Å². The molecule has 0 unspecified atom stereocenters. The van der Waals surface area contributed by atoms with Gasteiger partial charge in [0.2, 0.25) is 0 Å². The predicted octanol–water partition coefficient (Wildman–Crippen LogP) is 0.763. The number of aliphatic hydroxyl groups is 1. The van der Waals surface area contributed by atoms with Crippen LogP contribution in [-0.2, 0) is 4.79 Å². The number of nitrogens with one attached hydrogen (secondary N) is 1. The van der Waals surface area contributed by atoms with Gasteiger partial charge >= 0.3 is 5.97 Å². The summed E-state index contributed by atoms with van der Waals surface area (Å²) >= 11 is 2.92. The summed E-state index contributed by atoms with van der Waals surface area (Å²) in [6.45, 7) is -0.414. The predicted molar refractivity (Wildman–Crippen MR) is 60.1 cm³/mol. The highest BCUT2D eigenvalue weighted by atomic mass is 79.9. The molecule has 1 aromatic rings. The lowest BCUT2D eigenvalue weighted by Crippen LogP contribution is -2.36. The van der Waals surface area contributed by atoms with Gasteiger partial charge in [0.05, 0.1) is 11.0 Å². The number of amides is 1. The number of carbonyl (C=O) groups excluding carboxylic acids is 1. The Morgan fingerprint density at radius 2 is 2.12 bits per heavy atom. The molecule has 1 rings (SSSR count). The van der Waals surface area contributed by atoms with Crippen molar-refractivity contribution in [2.24, 2.45) is 0 Å². The SMILES string of the molecule is O=C(NC[C@H](O)C(=O)O)c1ccc(F)c(Br)c1. The zero-order valence-electron chi connectivity index (χ0n) is 8.48. The smallest absolute Gasteiger partial charge is 0.334 e. The molecule has 0 saturated heterocycles. The van der Waals surface area contributed by atoms with Crippen LogP contribution in [0.15, 0.2) is 22.7 Å². The number of hydrogen-bond donors (Lipinski definition) is 3. The molecule has 0 heterocycles. The highest BCUT2D eigenvalue weighted by Gasteiger charge is 2.15. The number of carboxylic acids is 1. The Bertz CT molecular complexity index is 452. The first-order valence-corrected chi connectivity index (χ1v) is 5.35. The molecule has 0 aliphatic heterocycles. The molecule has 5 nitrogen and oxygen atoms in total. The third-order valence-corrected chi connectivity index (χ3v) is 2.53. The first-order chi connectivity index (χ1) is 7.91. The summed E-state index contributed by atoms with van der Waals surface area (Å²) in [4.78, 5) is 21.8. The molecular formula is C10H9BrFNO4. The number of benzene rings is 1. The molecule has 1 amide bonds. The Morgan fingerprint density at radius 3 is 2.65 bits per heavy atom. The van der Waals surface area contributed by atoms with Crippen molar-refractivity contribution in [2.45, 2.75) is 6.10 Å². The average Bonchev–Trinajstić information content (AvgIpc) is 2.28.